The largest absolute Gasteiger partial charge is 0.444 e. The van der Waals surface area contributed by atoms with Crippen LogP contribution in [0.2, 0.25) is 0 Å². The molecule has 0 radical (unpaired) electrons. The number of nitrogens with one attached hydrogen (secondary N) is 2. The molecule has 6 N–H and O–H groups in total. The maximum atomic E-state index is 11.6. The number of likely N-dealkylation sites (tertiary alicyclic amines) is 1. The Hall–Kier alpha value is -3.79. The van der Waals surface area contributed by atoms with Crippen molar-refractivity contribution in [1.82, 2.24) is 25.0 Å². The monoisotopic (exact) mass is 625 g/mol. The molecule has 1 aliphatic heterocycles. The van der Waals surface area contributed by atoms with Crippen LogP contribution in [-0.4, -0.2) is 64.5 Å². The summed E-state index contributed by atoms with van der Waals surface area (Å²) in [5.41, 5.74) is 11.8. The summed E-state index contributed by atoms with van der Waals surface area (Å²) in [6.45, 7) is 13.9. The van der Waals surface area contributed by atoms with Crippen molar-refractivity contribution in [2.75, 3.05) is 26.7 Å². The Labute approximate surface area is 270 Å². The van der Waals surface area contributed by atoms with Crippen LogP contribution < -0.4 is 27.4 Å². The van der Waals surface area contributed by atoms with E-state index in [1.54, 1.807) is 6.20 Å². The Morgan fingerprint density at radius 2 is 1.69 bits per heavy atom. The first-order valence-electron chi connectivity index (χ1n) is 16.5. The molecule has 0 unspecified atom stereocenters. The van der Waals surface area contributed by atoms with Gasteiger partial charge in [-0.25, -0.2) is 4.79 Å². The third kappa shape index (κ3) is 16.7. The number of aryl methyl sites for hydroxylation is 1. The van der Waals surface area contributed by atoms with Gasteiger partial charge >= 0.3 is 6.09 Å². The van der Waals surface area contributed by atoms with Gasteiger partial charge in [0.2, 0.25) is 6.41 Å². The molecule has 10 nitrogen and oxygen atoms in total. The summed E-state index contributed by atoms with van der Waals surface area (Å²) in [5, 5.41) is 10.7. The smallest absolute Gasteiger partial charge is 0.407 e. The van der Waals surface area contributed by atoms with Crippen molar-refractivity contribution in [1.29, 1.82) is 0 Å². The van der Waals surface area contributed by atoms with E-state index in [0.29, 0.717) is 6.54 Å². The molecule has 1 fully saturated rings. The van der Waals surface area contributed by atoms with Gasteiger partial charge in [0.15, 0.2) is 0 Å². The minimum absolute atomic E-state index is 0.250. The fourth-order valence-corrected chi connectivity index (χ4v) is 4.85. The van der Waals surface area contributed by atoms with E-state index in [9.17, 15) is 4.79 Å². The van der Waals surface area contributed by atoms with E-state index in [2.05, 4.69) is 62.0 Å². The van der Waals surface area contributed by atoms with Gasteiger partial charge in [-0.1, -0.05) is 51.7 Å². The molecule has 1 aliphatic rings. The average molecular weight is 626 g/mol. The molecule has 2 aromatic heterocycles. The lowest BCUT2D eigenvalue weighted by Gasteiger charge is -2.19. The summed E-state index contributed by atoms with van der Waals surface area (Å²) in [6, 6.07) is 8.55. The van der Waals surface area contributed by atoms with Gasteiger partial charge in [0.05, 0.1) is 11.7 Å². The highest BCUT2D eigenvalue weighted by Gasteiger charge is 2.15. The number of alkyl carbamates (subject to hydrolysis) is 1. The number of carbonyl (C=O) groups excluding carboxylic acids is 2. The molecule has 2 amide bonds. The number of fused-ring (bicyclic) bond motifs is 1. The van der Waals surface area contributed by atoms with Gasteiger partial charge in [-0.3, -0.25) is 9.48 Å². The van der Waals surface area contributed by atoms with Gasteiger partial charge in [0, 0.05) is 41.4 Å². The molecule has 0 spiro atoms. The molecule has 252 valence electrons. The van der Waals surface area contributed by atoms with Gasteiger partial charge in [-0.2, -0.15) is 5.10 Å². The molecule has 10 heteroatoms. The van der Waals surface area contributed by atoms with Gasteiger partial charge in [-0.15, -0.1) is 0 Å². The standard InChI is InChI=1S/C27H39N5O2.C5H11N.C2H6.CH3NO/c1-27(2,3)34-26(33)30-15-8-6-4-5-7-9-17-32-25-13-11-21(18-23(25)20-31-32)10-12-24-22(19-28)14-16-29-24;1-6-4-2-3-5-6;1-2;2-1-3/h11-14,16,18-20,29H,4-10,15,17,28H2,1-3H3,(H,30,33);2-5H2,1H3;1-2H3;1H,(H2,2,3)/b22-19-,24-12+;;;. The minimum atomic E-state index is -0.443. The quantitative estimate of drug-likeness (QED) is 0.178. The van der Waals surface area contributed by atoms with Crippen LogP contribution in [0, 0.1) is 0 Å². The van der Waals surface area contributed by atoms with E-state index < -0.39 is 5.60 Å². The first-order valence-corrected chi connectivity index (χ1v) is 16.5. The number of aromatic amines is 1. The number of primary amides is 1. The number of ether oxygens (including phenoxy) is 1. The SMILES string of the molecule is CC.CC(C)(C)OC(=O)NCCCCCCCCn1ncc2cc(C/C=c3/[nH]cc/c3=C/N)ccc21.CN1CCCC1.NC=O. The number of aromatic nitrogens is 3. The van der Waals surface area contributed by atoms with E-state index in [-0.39, 0.29) is 12.5 Å². The zero-order valence-electron chi connectivity index (χ0n) is 28.6. The summed E-state index contributed by atoms with van der Waals surface area (Å²) in [4.78, 5) is 25.8. The molecule has 1 aromatic carbocycles. The first-order chi connectivity index (χ1) is 21.7. The molecule has 1 saturated heterocycles. The van der Waals surface area contributed by atoms with Gasteiger partial charge in [0.1, 0.15) is 5.60 Å². The van der Waals surface area contributed by atoms with E-state index in [0.717, 1.165) is 42.8 Å². The predicted molar refractivity (Wildman–Crippen MR) is 187 cm³/mol. The van der Waals surface area contributed by atoms with Crippen molar-refractivity contribution in [3.05, 3.63) is 52.8 Å². The fraction of sp³-hybridized carbons (Fsp3) is 0.571. The molecular formula is C35H59N7O3. The molecule has 0 saturated carbocycles. The number of nitrogens with zero attached hydrogens (tertiary/aromatic N) is 3. The summed E-state index contributed by atoms with van der Waals surface area (Å²) < 4.78 is 7.35. The number of amides is 2. The first kappa shape index (κ1) is 39.2. The number of hydrogen-bond acceptors (Lipinski definition) is 6. The fourth-order valence-electron chi connectivity index (χ4n) is 4.85. The van der Waals surface area contributed by atoms with Gasteiger partial charge < -0.3 is 31.4 Å². The lowest BCUT2D eigenvalue weighted by Crippen LogP contribution is -2.32. The van der Waals surface area contributed by atoms with E-state index >= 15 is 0 Å². The van der Waals surface area contributed by atoms with Crippen LogP contribution in [0.3, 0.4) is 0 Å². The topological polar surface area (TPSA) is 144 Å². The number of benzene rings is 1. The second kappa shape index (κ2) is 22.7. The third-order valence-electron chi connectivity index (χ3n) is 7.03. The Balaban J connectivity index is 0.000000787. The Bertz CT molecular complexity index is 1340. The molecule has 0 bridgehead atoms. The zero-order chi connectivity index (χ0) is 33.5. The van der Waals surface area contributed by atoms with Crippen molar-refractivity contribution in [2.45, 2.75) is 105 Å². The number of rotatable bonds is 11. The number of carbonyl (C=O) groups is 2. The van der Waals surface area contributed by atoms with E-state index in [1.807, 2.05) is 53.1 Å². The Morgan fingerprint density at radius 3 is 2.29 bits per heavy atom. The zero-order valence-corrected chi connectivity index (χ0v) is 28.6. The minimum Gasteiger partial charge on any atom is -0.444 e. The van der Waals surface area contributed by atoms with Crippen LogP contribution in [-0.2, 0) is 22.5 Å². The maximum Gasteiger partial charge on any atom is 0.407 e. The predicted octanol–water partition coefficient (Wildman–Crippen LogP) is 4.79. The maximum absolute atomic E-state index is 11.6. The summed E-state index contributed by atoms with van der Waals surface area (Å²) in [7, 11) is 2.17. The van der Waals surface area contributed by atoms with Crippen molar-refractivity contribution < 1.29 is 14.3 Å². The van der Waals surface area contributed by atoms with Crippen LogP contribution in [0.1, 0.15) is 91.5 Å². The lowest BCUT2D eigenvalue weighted by atomic mass is 10.1. The van der Waals surface area contributed by atoms with Crippen molar-refractivity contribution in [3.63, 3.8) is 0 Å². The van der Waals surface area contributed by atoms with Crippen molar-refractivity contribution in [3.8, 4) is 0 Å². The van der Waals surface area contributed by atoms with Crippen LogP contribution in [0.15, 0.2) is 36.7 Å². The highest BCUT2D eigenvalue weighted by molar-refractivity contribution is 5.79. The summed E-state index contributed by atoms with van der Waals surface area (Å²) >= 11 is 0. The van der Waals surface area contributed by atoms with Crippen LogP contribution in [0.5, 0.6) is 0 Å². The molecule has 0 atom stereocenters. The lowest BCUT2D eigenvalue weighted by molar-refractivity contribution is -0.106. The second-order valence-electron chi connectivity index (χ2n) is 11.9. The van der Waals surface area contributed by atoms with Gasteiger partial charge in [-0.05, 0) is 96.8 Å². The molecule has 0 aliphatic carbocycles. The third-order valence-corrected chi connectivity index (χ3v) is 7.03. The van der Waals surface area contributed by atoms with Crippen molar-refractivity contribution >= 4 is 35.7 Å². The van der Waals surface area contributed by atoms with Crippen LogP contribution >= 0.6 is 0 Å². The molecule has 3 aromatic rings. The van der Waals surface area contributed by atoms with Crippen LogP contribution in [0.4, 0.5) is 4.79 Å². The number of nitrogens with two attached hydrogens (primary N) is 2. The molecule has 45 heavy (non-hydrogen) atoms. The highest BCUT2D eigenvalue weighted by atomic mass is 16.6. The molecule has 3 heterocycles. The Kier molecular flexibility index (Phi) is 19.8. The van der Waals surface area contributed by atoms with Gasteiger partial charge in [0.25, 0.3) is 0 Å². The summed E-state index contributed by atoms with van der Waals surface area (Å²) in [5.74, 6) is 0. The second-order valence-corrected chi connectivity index (χ2v) is 11.9. The Morgan fingerprint density at radius 1 is 1.04 bits per heavy atom. The van der Waals surface area contributed by atoms with Crippen molar-refractivity contribution in [2.24, 2.45) is 11.5 Å². The number of unbranched alkanes of at least 4 members (excludes halogenated alkanes) is 5. The number of H-pyrrole nitrogens is 1. The highest BCUT2D eigenvalue weighted by Crippen LogP contribution is 2.18. The molecule has 4 rings (SSSR count). The molecular weight excluding hydrogens is 566 g/mol. The summed E-state index contributed by atoms with van der Waals surface area (Å²) in [6.07, 6.45) is 18.0. The number of hydrogen-bond donors (Lipinski definition) is 4. The average Bonchev–Trinajstić information content (AvgIpc) is 3.77. The van der Waals surface area contributed by atoms with Crippen LogP contribution in [0.25, 0.3) is 23.2 Å². The van der Waals surface area contributed by atoms with E-state index in [4.69, 9.17) is 15.3 Å². The van der Waals surface area contributed by atoms with E-state index in [1.165, 1.54) is 61.7 Å². The normalized spacial score (nSPS) is 13.6.